The molecule has 2 saturated carbocycles. The second-order valence-electron chi connectivity index (χ2n) is 3.59. The van der Waals surface area contributed by atoms with Crippen LogP contribution in [0.1, 0.15) is 25.7 Å². The van der Waals surface area contributed by atoms with Crippen LogP contribution in [0.3, 0.4) is 0 Å². The molecule has 2 nitrogen and oxygen atoms in total. The standard InChI is InChI=1S/C8H14O2/c9-7-5-3-1-2-4-6(5)8(7)10/h5-10H,1-4H2/t5-,6+,7+,8-. The Hall–Kier alpha value is -0.0800. The molecule has 0 unspecified atom stereocenters. The van der Waals surface area contributed by atoms with Crippen LogP contribution in [-0.2, 0) is 0 Å². The van der Waals surface area contributed by atoms with Gasteiger partial charge in [-0.25, -0.2) is 0 Å². The molecule has 10 heavy (non-hydrogen) atoms. The van der Waals surface area contributed by atoms with Crippen LogP contribution in [0.4, 0.5) is 0 Å². The van der Waals surface area contributed by atoms with Crippen LogP contribution in [0.2, 0.25) is 0 Å². The molecule has 4 atom stereocenters. The van der Waals surface area contributed by atoms with Gasteiger partial charge < -0.3 is 10.2 Å². The smallest absolute Gasteiger partial charge is 0.0833 e. The fourth-order valence-corrected chi connectivity index (χ4v) is 2.40. The van der Waals surface area contributed by atoms with Crippen molar-refractivity contribution in [3.8, 4) is 0 Å². The zero-order chi connectivity index (χ0) is 7.14. The Morgan fingerprint density at radius 2 is 1.20 bits per heavy atom. The zero-order valence-electron chi connectivity index (χ0n) is 6.03. The molecule has 0 aromatic heterocycles. The maximum absolute atomic E-state index is 9.26. The summed E-state index contributed by atoms with van der Waals surface area (Å²) in [7, 11) is 0. The van der Waals surface area contributed by atoms with Crippen LogP contribution >= 0.6 is 0 Å². The average molecular weight is 142 g/mol. The van der Waals surface area contributed by atoms with Crippen LogP contribution in [0.15, 0.2) is 0 Å². The van der Waals surface area contributed by atoms with Gasteiger partial charge >= 0.3 is 0 Å². The van der Waals surface area contributed by atoms with Gasteiger partial charge in [0.05, 0.1) is 12.2 Å². The first-order chi connectivity index (χ1) is 4.80. The van der Waals surface area contributed by atoms with Gasteiger partial charge in [0.1, 0.15) is 0 Å². The fraction of sp³-hybridized carbons (Fsp3) is 1.00. The Balaban J connectivity index is 2.00. The van der Waals surface area contributed by atoms with Crippen LogP contribution in [-0.4, -0.2) is 22.4 Å². The summed E-state index contributed by atoms with van der Waals surface area (Å²) in [6.07, 6.45) is 3.94. The third-order valence-electron chi connectivity index (χ3n) is 3.10. The zero-order valence-corrected chi connectivity index (χ0v) is 6.03. The Kier molecular flexibility index (Phi) is 1.46. The van der Waals surface area contributed by atoms with E-state index in [2.05, 4.69) is 0 Å². The predicted molar refractivity (Wildman–Crippen MR) is 37.5 cm³/mol. The Morgan fingerprint density at radius 1 is 0.800 bits per heavy atom. The number of hydrogen-bond acceptors (Lipinski definition) is 2. The molecule has 2 aliphatic rings. The first kappa shape index (κ1) is 6.62. The van der Waals surface area contributed by atoms with E-state index in [-0.39, 0.29) is 0 Å². The quantitative estimate of drug-likeness (QED) is 0.518. The Morgan fingerprint density at radius 3 is 1.60 bits per heavy atom. The minimum absolute atomic E-state index is 0.398. The number of rotatable bonds is 0. The third-order valence-corrected chi connectivity index (χ3v) is 3.10. The van der Waals surface area contributed by atoms with Crippen molar-refractivity contribution in [3.05, 3.63) is 0 Å². The second-order valence-corrected chi connectivity index (χ2v) is 3.59. The number of fused-ring (bicyclic) bond motifs is 1. The van der Waals surface area contributed by atoms with E-state index in [1.165, 1.54) is 12.8 Å². The van der Waals surface area contributed by atoms with Crippen molar-refractivity contribution in [1.82, 2.24) is 0 Å². The summed E-state index contributed by atoms with van der Waals surface area (Å²) in [5.41, 5.74) is 0. The lowest BCUT2D eigenvalue weighted by Gasteiger charge is -2.49. The second kappa shape index (κ2) is 2.21. The van der Waals surface area contributed by atoms with Gasteiger partial charge in [0.2, 0.25) is 0 Å². The lowest BCUT2D eigenvalue weighted by Crippen LogP contribution is -2.56. The molecule has 0 saturated heterocycles. The van der Waals surface area contributed by atoms with E-state index < -0.39 is 12.2 Å². The molecule has 2 fully saturated rings. The molecular weight excluding hydrogens is 128 g/mol. The minimum Gasteiger partial charge on any atom is -0.390 e. The van der Waals surface area contributed by atoms with Gasteiger partial charge in [0.15, 0.2) is 0 Å². The van der Waals surface area contributed by atoms with Gasteiger partial charge in [-0.3, -0.25) is 0 Å². The molecular formula is C8H14O2. The topological polar surface area (TPSA) is 40.5 Å². The van der Waals surface area contributed by atoms with E-state index in [1.807, 2.05) is 0 Å². The summed E-state index contributed by atoms with van der Waals surface area (Å²) in [6.45, 7) is 0. The van der Waals surface area contributed by atoms with Gasteiger partial charge in [0.25, 0.3) is 0 Å². The summed E-state index contributed by atoms with van der Waals surface area (Å²) in [5, 5.41) is 18.5. The molecule has 2 N–H and O–H groups in total. The summed E-state index contributed by atoms with van der Waals surface area (Å²) in [6, 6.07) is 0. The first-order valence-corrected chi connectivity index (χ1v) is 4.17. The highest BCUT2D eigenvalue weighted by atomic mass is 16.3. The third kappa shape index (κ3) is 0.722. The van der Waals surface area contributed by atoms with Crippen molar-refractivity contribution >= 4 is 0 Å². The van der Waals surface area contributed by atoms with Crippen molar-refractivity contribution in [3.63, 3.8) is 0 Å². The molecule has 2 aliphatic carbocycles. The van der Waals surface area contributed by atoms with Crippen molar-refractivity contribution in [2.75, 3.05) is 0 Å². The van der Waals surface area contributed by atoms with Gasteiger partial charge in [-0.05, 0) is 24.7 Å². The molecule has 0 aromatic carbocycles. The summed E-state index contributed by atoms with van der Waals surface area (Å²) in [4.78, 5) is 0. The van der Waals surface area contributed by atoms with Gasteiger partial charge in [-0.1, -0.05) is 12.8 Å². The van der Waals surface area contributed by atoms with Crippen LogP contribution in [0.5, 0.6) is 0 Å². The maximum Gasteiger partial charge on any atom is 0.0833 e. The molecule has 0 spiro atoms. The van der Waals surface area contributed by atoms with Crippen molar-refractivity contribution < 1.29 is 10.2 Å². The van der Waals surface area contributed by atoms with Crippen molar-refractivity contribution in [2.45, 2.75) is 37.9 Å². The highest BCUT2D eigenvalue weighted by Crippen LogP contribution is 2.44. The average Bonchev–Trinajstić information content (AvgIpc) is 2.03. The van der Waals surface area contributed by atoms with E-state index in [9.17, 15) is 10.2 Å². The summed E-state index contributed by atoms with van der Waals surface area (Å²) < 4.78 is 0. The van der Waals surface area contributed by atoms with Crippen molar-refractivity contribution in [1.29, 1.82) is 0 Å². The highest BCUT2D eigenvalue weighted by molar-refractivity contribution is 4.98. The Labute approximate surface area is 60.9 Å². The minimum atomic E-state index is -0.398. The lowest BCUT2D eigenvalue weighted by atomic mass is 9.61. The van der Waals surface area contributed by atoms with Gasteiger partial charge in [-0.2, -0.15) is 0 Å². The predicted octanol–water partition coefficient (Wildman–Crippen LogP) is 0.528. The molecule has 2 heteroatoms. The number of aliphatic hydroxyl groups excluding tert-OH is 2. The van der Waals surface area contributed by atoms with Crippen LogP contribution in [0.25, 0.3) is 0 Å². The van der Waals surface area contributed by atoms with Crippen molar-refractivity contribution in [2.24, 2.45) is 11.8 Å². The molecule has 0 bridgehead atoms. The normalized spacial score (nSPS) is 53.4. The molecule has 58 valence electrons. The molecule has 0 heterocycles. The molecule has 0 amide bonds. The largest absolute Gasteiger partial charge is 0.390 e. The number of hydrogen-bond donors (Lipinski definition) is 2. The molecule has 0 aliphatic heterocycles. The highest BCUT2D eigenvalue weighted by Gasteiger charge is 2.48. The fourth-order valence-electron chi connectivity index (χ4n) is 2.40. The van der Waals surface area contributed by atoms with E-state index in [1.54, 1.807) is 0 Å². The maximum atomic E-state index is 9.26. The van der Waals surface area contributed by atoms with E-state index in [0.29, 0.717) is 11.8 Å². The lowest BCUT2D eigenvalue weighted by molar-refractivity contribution is -0.168. The van der Waals surface area contributed by atoms with Crippen LogP contribution in [0, 0.1) is 11.8 Å². The van der Waals surface area contributed by atoms with Gasteiger partial charge in [0, 0.05) is 0 Å². The number of aliphatic hydroxyl groups is 2. The SMILES string of the molecule is O[C@@H]1[C@H](O)[C@H]2CCCC[C@@H]12. The molecule has 0 aromatic rings. The van der Waals surface area contributed by atoms with Gasteiger partial charge in [-0.15, -0.1) is 0 Å². The van der Waals surface area contributed by atoms with E-state index in [4.69, 9.17) is 0 Å². The van der Waals surface area contributed by atoms with E-state index >= 15 is 0 Å². The van der Waals surface area contributed by atoms with Crippen LogP contribution < -0.4 is 0 Å². The van der Waals surface area contributed by atoms with E-state index in [0.717, 1.165) is 12.8 Å². The Bertz CT molecular complexity index is 119. The molecule has 2 rings (SSSR count). The summed E-state index contributed by atoms with van der Waals surface area (Å²) in [5.74, 6) is 0.868. The molecule has 0 radical (unpaired) electrons. The summed E-state index contributed by atoms with van der Waals surface area (Å²) >= 11 is 0. The monoisotopic (exact) mass is 142 g/mol. The first-order valence-electron chi connectivity index (χ1n) is 4.17.